The second-order valence-electron chi connectivity index (χ2n) is 5.54. The molecule has 0 saturated carbocycles. The summed E-state index contributed by atoms with van der Waals surface area (Å²) in [6, 6.07) is 17.5. The van der Waals surface area contributed by atoms with Crippen molar-refractivity contribution in [2.75, 3.05) is 12.0 Å². The first-order valence-corrected chi connectivity index (χ1v) is 7.87. The van der Waals surface area contributed by atoms with E-state index in [2.05, 4.69) is 0 Å². The first-order valence-electron chi connectivity index (χ1n) is 7.87. The molecule has 0 aliphatic rings. The van der Waals surface area contributed by atoms with Crippen LogP contribution in [0.15, 0.2) is 71.3 Å². The lowest BCUT2D eigenvalue weighted by atomic mass is 10.1. The van der Waals surface area contributed by atoms with E-state index in [-0.39, 0.29) is 18.1 Å². The Balaban J connectivity index is 1.82. The van der Waals surface area contributed by atoms with Crippen LogP contribution in [0.2, 0.25) is 0 Å². The third kappa shape index (κ3) is 4.07. The number of methoxy groups -OCH3 is 1. The van der Waals surface area contributed by atoms with Crippen LogP contribution >= 0.6 is 0 Å². The second-order valence-corrected chi connectivity index (χ2v) is 5.54. The Labute approximate surface area is 145 Å². The molecule has 5 heteroatoms. The van der Waals surface area contributed by atoms with Gasteiger partial charge in [0, 0.05) is 5.69 Å². The fourth-order valence-corrected chi connectivity index (χ4v) is 2.58. The molecule has 0 fully saturated rings. The monoisotopic (exact) mass is 339 g/mol. The van der Waals surface area contributed by atoms with Crippen LogP contribution in [0.4, 0.5) is 10.1 Å². The summed E-state index contributed by atoms with van der Waals surface area (Å²) in [5, 5.41) is 0. The van der Waals surface area contributed by atoms with Crippen molar-refractivity contribution in [1.29, 1.82) is 0 Å². The van der Waals surface area contributed by atoms with Crippen LogP contribution in [-0.4, -0.2) is 13.0 Å². The lowest BCUT2D eigenvalue weighted by Crippen LogP contribution is -2.31. The molecule has 128 valence electrons. The lowest BCUT2D eigenvalue weighted by Gasteiger charge is -2.22. The molecule has 0 unspecified atom stereocenters. The molecule has 0 radical (unpaired) electrons. The van der Waals surface area contributed by atoms with Gasteiger partial charge in [0.1, 0.15) is 5.76 Å². The predicted octanol–water partition coefficient (Wildman–Crippen LogP) is 4.20. The molecule has 0 saturated heterocycles. The van der Waals surface area contributed by atoms with Crippen LogP contribution in [0.1, 0.15) is 11.3 Å². The van der Waals surface area contributed by atoms with Gasteiger partial charge in [-0.25, -0.2) is 4.39 Å². The van der Waals surface area contributed by atoms with Crippen molar-refractivity contribution >= 4 is 11.6 Å². The van der Waals surface area contributed by atoms with E-state index >= 15 is 0 Å². The van der Waals surface area contributed by atoms with E-state index in [4.69, 9.17) is 9.15 Å². The molecule has 25 heavy (non-hydrogen) atoms. The summed E-state index contributed by atoms with van der Waals surface area (Å²) in [4.78, 5) is 14.5. The van der Waals surface area contributed by atoms with Gasteiger partial charge in [-0.05, 0) is 42.0 Å². The van der Waals surface area contributed by atoms with Gasteiger partial charge in [-0.3, -0.25) is 4.79 Å². The van der Waals surface area contributed by atoms with E-state index in [9.17, 15) is 9.18 Å². The fourth-order valence-electron chi connectivity index (χ4n) is 2.58. The van der Waals surface area contributed by atoms with Crippen molar-refractivity contribution in [3.05, 3.63) is 84.1 Å². The van der Waals surface area contributed by atoms with Gasteiger partial charge in [0.05, 0.1) is 26.3 Å². The summed E-state index contributed by atoms with van der Waals surface area (Å²) in [6.45, 7) is 0.314. The maximum Gasteiger partial charge on any atom is 0.231 e. The molecule has 0 spiro atoms. The molecule has 1 aromatic heterocycles. The highest BCUT2D eigenvalue weighted by Crippen LogP contribution is 2.21. The van der Waals surface area contributed by atoms with Crippen LogP contribution in [0, 0.1) is 5.82 Å². The lowest BCUT2D eigenvalue weighted by molar-refractivity contribution is -0.118. The van der Waals surface area contributed by atoms with Gasteiger partial charge in [0.25, 0.3) is 0 Å². The molecule has 3 rings (SSSR count). The van der Waals surface area contributed by atoms with Crippen LogP contribution in [0.5, 0.6) is 5.75 Å². The van der Waals surface area contributed by atoms with Crippen molar-refractivity contribution in [2.24, 2.45) is 0 Å². The van der Waals surface area contributed by atoms with E-state index in [1.807, 2.05) is 36.4 Å². The number of benzene rings is 2. The summed E-state index contributed by atoms with van der Waals surface area (Å²) < 4.78 is 24.1. The molecule has 2 aromatic carbocycles. The fraction of sp³-hybridized carbons (Fsp3) is 0.150. The molecule has 1 heterocycles. The molecule has 0 bridgehead atoms. The predicted molar refractivity (Wildman–Crippen MR) is 93.0 cm³/mol. The zero-order valence-electron chi connectivity index (χ0n) is 13.8. The number of hydrogen-bond donors (Lipinski definition) is 0. The standard InChI is InChI=1S/C20H18FNO3/c1-24-19-10-9-15(12-18(19)21)13-20(23)22(14-17-8-5-11-25-17)16-6-3-2-4-7-16/h2-12H,13-14H2,1H3. The zero-order chi connectivity index (χ0) is 17.6. The van der Waals surface area contributed by atoms with E-state index in [1.54, 1.807) is 23.3 Å². The molecule has 0 N–H and O–H groups in total. The number of furan rings is 1. The first kappa shape index (κ1) is 16.8. The number of hydrogen-bond acceptors (Lipinski definition) is 3. The van der Waals surface area contributed by atoms with Gasteiger partial charge in [0.2, 0.25) is 5.91 Å². The van der Waals surface area contributed by atoms with Crippen LogP contribution < -0.4 is 9.64 Å². The summed E-state index contributed by atoms with van der Waals surface area (Å²) in [6.07, 6.45) is 1.65. The SMILES string of the molecule is COc1ccc(CC(=O)N(Cc2ccco2)c2ccccc2)cc1F. The van der Waals surface area contributed by atoms with Crippen molar-refractivity contribution in [3.8, 4) is 5.75 Å². The average Bonchev–Trinajstić information content (AvgIpc) is 3.14. The number of nitrogens with zero attached hydrogens (tertiary/aromatic N) is 1. The van der Waals surface area contributed by atoms with Crippen molar-refractivity contribution in [3.63, 3.8) is 0 Å². The second kappa shape index (κ2) is 7.66. The summed E-state index contributed by atoms with van der Waals surface area (Å²) in [5.41, 5.74) is 1.35. The minimum atomic E-state index is -0.481. The van der Waals surface area contributed by atoms with Crippen LogP contribution in [0.25, 0.3) is 0 Å². The van der Waals surface area contributed by atoms with Crippen molar-refractivity contribution < 1.29 is 18.3 Å². The number of ether oxygens (including phenoxy) is 1. The minimum Gasteiger partial charge on any atom is -0.494 e. The van der Waals surface area contributed by atoms with E-state index in [1.165, 1.54) is 19.2 Å². The molecule has 0 atom stereocenters. The van der Waals surface area contributed by atoms with E-state index in [0.29, 0.717) is 17.9 Å². The molecule has 3 aromatic rings. The Morgan fingerprint density at radius 1 is 1.12 bits per heavy atom. The largest absolute Gasteiger partial charge is 0.494 e. The quantitative estimate of drug-likeness (QED) is 0.676. The van der Waals surface area contributed by atoms with Gasteiger partial charge in [-0.1, -0.05) is 24.3 Å². The Kier molecular flexibility index (Phi) is 5.14. The highest BCUT2D eigenvalue weighted by Gasteiger charge is 2.18. The number of amides is 1. The number of carbonyl (C=O) groups is 1. The molecule has 4 nitrogen and oxygen atoms in total. The molecular formula is C20H18FNO3. The Bertz CT molecular complexity index is 831. The Morgan fingerprint density at radius 2 is 1.92 bits per heavy atom. The van der Waals surface area contributed by atoms with Crippen molar-refractivity contribution in [2.45, 2.75) is 13.0 Å². The number of halogens is 1. The normalized spacial score (nSPS) is 10.5. The maximum absolute atomic E-state index is 13.9. The summed E-state index contributed by atoms with van der Waals surface area (Å²) in [7, 11) is 1.41. The van der Waals surface area contributed by atoms with E-state index < -0.39 is 5.82 Å². The maximum atomic E-state index is 13.9. The highest BCUT2D eigenvalue weighted by molar-refractivity contribution is 5.94. The van der Waals surface area contributed by atoms with E-state index in [0.717, 1.165) is 5.69 Å². The average molecular weight is 339 g/mol. The topological polar surface area (TPSA) is 42.7 Å². The number of carbonyl (C=O) groups excluding carboxylic acids is 1. The van der Waals surface area contributed by atoms with Gasteiger partial charge in [-0.2, -0.15) is 0 Å². The third-order valence-corrected chi connectivity index (χ3v) is 3.83. The number of rotatable bonds is 6. The molecule has 0 aliphatic carbocycles. The Hall–Kier alpha value is -3.08. The van der Waals surface area contributed by atoms with Gasteiger partial charge >= 0.3 is 0 Å². The third-order valence-electron chi connectivity index (χ3n) is 3.83. The first-order chi connectivity index (χ1) is 12.2. The highest BCUT2D eigenvalue weighted by atomic mass is 19.1. The molecular weight excluding hydrogens is 321 g/mol. The van der Waals surface area contributed by atoms with Gasteiger partial charge in [0.15, 0.2) is 11.6 Å². The summed E-state index contributed by atoms with van der Waals surface area (Å²) >= 11 is 0. The molecule has 1 amide bonds. The minimum absolute atomic E-state index is 0.0799. The molecule has 0 aliphatic heterocycles. The van der Waals surface area contributed by atoms with Gasteiger partial charge < -0.3 is 14.1 Å². The van der Waals surface area contributed by atoms with Crippen molar-refractivity contribution in [1.82, 2.24) is 0 Å². The van der Waals surface area contributed by atoms with Crippen LogP contribution in [-0.2, 0) is 17.8 Å². The summed E-state index contributed by atoms with van der Waals surface area (Å²) in [5.74, 6) is 0.210. The smallest absolute Gasteiger partial charge is 0.231 e. The van der Waals surface area contributed by atoms with Crippen LogP contribution in [0.3, 0.4) is 0 Å². The zero-order valence-corrected chi connectivity index (χ0v) is 13.8. The van der Waals surface area contributed by atoms with Gasteiger partial charge in [-0.15, -0.1) is 0 Å². The number of anilines is 1. The number of para-hydroxylation sites is 1. The Morgan fingerprint density at radius 3 is 2.56 bits per heavy atom.